The third-order valence-electron chi connectivity index (χ3n) is 7.43. The number of carbonyl (C=O) groups excluding carboxylic acids is 2. The van der Waals surface area contributed by atoms with Crippen LogP contribution in [0, 0.1) is 41.9 Å². The molecule has 4 rings (SSSR count). The van der Waals surface area contributed by atoms with E-state index in [2.05, 4.69) is 5.92 Å². The summed E-state index contributed by atoms with van der Waals surface area (Å²) in [4.78, 5) is 23.2. The molecule has 0 saturated heterocycles. The van der Waals surface area contributed by atoms with Gasteiger partial charge in [-0.05, 0) is 74.7 Å². The lowest BCUT2D eigenvalue weighted by Gasteiger charge is -2.50. The van der Waals surface area contributed by atoms with E-state index in [1.807, 2.05) is 6.08 Å². The highest BCUT2D eigenvalue weighted by atomic mass is 19.4. The molecule has 0 N–H and O–H groups in total. The maximum Gasteiger partial charge on any atom is 0.490 e. The Bertz CT molecular complexity index is 732. The number of ether oxygens (including phenoxy) is 1. The SMILES string of the molecule is C#C[C@]1(OC(=O)C(F)(F)F)CC[C@H]2[C@@H]3CCC4=CC(=O)CC[C@@H]4[C@H]3CC[C@@H]21. The average Bonchev–Trinajstić information content (AvgIpc) is 2.99. The van der Waals surface area contributed by atoms with Gasteiger partial charge in [0.2, 0.25) is 0 Å². The highest BCUT2D eigenvalue weighted by Gasteiger charge is 2.59. The number of fused-ring (bicyclic) bond motifs is 5. The van der Waals surface area contributed by atoms with Gasteiger partial charge < -0.3 is 4.74 Å². The quantitative estimate of drug-likeness (QED) is 0.505. The van der Waals surface area contributed by atoms with Crippen molar-refractivity contribution in [2.24, 2.45) is 29.6 Å². The van der Waals surface area contributed by atoms with Crippen LogP contribution in [0.2, 0.25) is 0 Å². The van der Waals surface area contributed by atoms with Gasteiger partial charge >= 0.3 is 12.1 Å². The maximum atomic E-state index is 12.7. The van der Waals surface area contributed by atoms with Gasteiger partial charge in [-0.15, -0.1) is 6.42 Å². The van der Waals surface area contributed by atoms with Gasteiger partial charge in [-0.25, -0.2) is 4.79 Å². The molecule has 0 aliphatic heterocycles. The summed E-state index contributed by atoms with van der Waals surface area (Å²) in [6.45, 7) is 0. The second kappa shape index (κ2) is 6.39. The number of esters is 1. The molecule has 6 atom stereocenters. The van der Waals surface area contributed by atoms with Gasteiger partial charge in [0.1, 0.15) is 0 Å². The summed E-state index contributed by atoms with van der Waals surface area (Å²) in [5.41, 5.74) is -0.170. The molecule has 0 spiro atoms. The Kier molecular flexibility index (Phi) is 4.40. The lowest BCUT2D eigenvalue weighted by Crippen LogP contribution is -2.48. The van der Waals surface area contributed by atoms with Crippen LogP contribution >= 0.6 is 0 Å². The Morgan fingerprint density at radius 3 is 2.59 bits per heavy atom. The number of rotatable bonds is 1. The zero-order valence-electron chi connectivity index (χ0n) is 15.1. The average molecular weight is 380 g/mol. The topological polar surface area (TPSA) is 43.4 Å². The number of terminal acetylenes is 1. The van der Waals surface area contributed by atoms with Crippen LogP contribution in [0.4, 0.5) is 13.2 Å². The molecule has 0 heterocycles. The monoisotopic (exact) mass is 380 g/mol. The van der Waals surface area contributed by atoms with E-state index >= 15 is 0 Å². The standard InChI is InChI=1S/C21H23F3O3/c1-2-20(27-19(26)21(22,23)24)10-9-17-16-5-3-12-11-13(25)4-6-14(12)15(16)7-8-18(17)20/h1,11,14-18H,3-10H2/t14-,15+,16+,17-,18-,20-/m0/s1. The molecule has 0 aromatic heterocycles. The molecule has 0 bridgehead atoms. The van der Waals surface area contributed by atoms with Gasteiger partial charge in [0.05, 0.1) is 0 Å². The second-order valence-electron chi connectivity index (χ2n) is 8.50. The predicted octanol–water partition coefficient (Wildman–Crippen LogP) is 4.22. The van der Waals surface area contributed by atoms with Crippen molar-refractivity contribution >= 4 is 11.8 Å². The van der Waals surface area contributed by atoms with Crippen molar-refractivity contribution < 1.29 is 27.5 Å². The molecule has 6 heteroatoms. The molecule has 4 aliphatic rings. The summed E-state index contributed by atoms with van der Waals surface area (Å²) in [6, 6.07) is 0. The second-order valence-corrected chi connectivity index (χ2v) is 8.50. The van der Waals surface area contributed by atoms with Crippen LogP contribution < -0.4 is 0 Å². The summed E-state index contributed by atoms with van der Waals surface area (Å²) in [5.74, 6) is 1.73. The number of halogens is 3. The van der Waals surface area contributed by atoms with Gasteiger partial charge in [0.15, 0.2) is 11.4 Å². The molecular formula is C21H23F3O3. The van der Waals surface area contributed by atoms with E-state index in [-0.39, 0.29) is 17.6 Å². The highest BCUT2D eigenvalue weighted by molar-refractivity contribution is 5.91. The third-order valence-corrected chi connectivity index (χ3v) is 7.43. The molecule has 3 saturated carbocycles. The Hall–Kier alpha value is -1.77. The minimum atomic E-state index is -5.03. The molecular weight excluding hydrogens is 357 g/mol. The van der Waals surface area contributed by atoms with Gasteiger partial charge in [-0.2, -0.15) is 13.2 Å². The van der Waals surface area contributed by atoms with Crippen molar-refractivity contribution in [3.8, 4) is 12.3 Å². The minimum Gasteiger partial charge on any atom is -0.439 e. The van der Waals surface area contributed by atoms with Crippen LogP contribution in [0.3, 0.4) is 0 Å². The van der Waals surface area contributed by atoms with Crippen LogP contribution in [-0.2, 0) is 14.3 Å². The summed E-state index contributed by atoms with van der Waals surface area (Å²) in [6.07, 6.45) is 8.25. The van der Waals surface area contributed by atoms with Crippen LogP contribution in [0.5, 0.6) is 0 Å². The van der Waals surface area contributed by atoms with E-state index in [0.717, 1.165) is 25.7 Å². The molecule has 0 aromatic rings. The van der Waals surface area contributed by atoms with Crippen molar-refractivity contribution in [1.82, 2.24) is 0 Å². The zero-order chi connectivity index (χ0) is 19.4. The van der Waals surface area contributed by atoms with Crippen LogP contribution in [-0.4, -0.2) is 23.5 Å². The van der Waals surface area contributed by atoms with Crippen molar-refractivity contribution in [1.29, 1.82) is 0 Å². The zero-order valence-corrected chi connectivity index (χ0v) is 15.1. The van der Waals surface area contributed by atoms with Gasteiger partial charge in [-0.1, -0.05) is 11.5 Å². The van der Waals surface area contributed by atoms with Crippen molar-refractivity contribution in [2.75, 3.05) is 0 Å². The van der Waals surface area contributed by atoms with Crippen LogP contribution in [0.1, 0.15) is 51.4 Å². The van der Waals surface area contributed by atoms with Gasteiger partial charge in [-0.3, -0.25) is 4.79 Å². The Balaban J connectivity index is 1.56. The lowest BCUT2D eigenvalue weighted by molar-refractivity contribution is -0.213. The number of hydrogen-bond acceptors (Lipinski definition) is 3. The summed E-state index contributed by atoms with van der Waals surface area (Å²) in [7, 11) is 0. The lowest BCUT2D eigenvalue weighted by atomic mass is 9.55. The van der Waals surface area contributed by atoms with Crippen molar-refractivity contribution in [3.63, 3.8) is 0 Å². The van der Waals surface area contributed by atoms with Gasteiger partial charge in [0, 0.05) is 12.3 Å². The first-order valence-corrected chi connectivity index (χ1v) is 9.76. The minimum absolute atomic E-state index is 0.194. The predicted molar refractivity (Wildman–Crippen MR) is 91.2 cm³/mol. The smallest absolute Gasteiger partial charge is 0.439 e. The van der Waals surface area contributed by atoms with Crippen molar-refractivity contribution in [2.45, 2.75) is 63.1 Å². The first kappa shape index (κ1) is 18.6. The number of ketones is 1. The molecule has 0 unspecified atom stereocenters. The molecule has 3 nitrogen and oxygen atoms in total. The number of allylic oxidation sites excluding steroid dienone is 1. The first-order valence-electron chi connectivity index (χ1n) is 9.76. The van der Waals surface area contributed by atoms with Crippen molar-refractivity contribution in [3.05, 3.63) is 11.6 Å². The van der Waals surface area contributed by atoms with Gasteiger partial charge in [0.25, 0.3) is 0 Å². The van der Waals surface area contributed by atoms with E-state index < -0.39 is 17.7 Å². The van der Waals surface area contributed by atoms with Crippen LogP contribution in [0.25, 0.3) is 0 Å². The fourth-order valence-corrected chi connectivity index (χ4v) is 6.41. The number of alkyl halides is 3. The van der Waals surface area contributed by atoms with Crippen LogP contribution in [0.15, 0.2) is 11.6 Å². The largest absolute Gasteiger partial charge is 0.490 e. The molecule has 0 aromatic carbocycles. The molecule has 0 radical (unpaired) electrons. The number of carbonyl (C=O) groups is 2. The third kappa shape index (κ3) is 2.99. The molecule has 146 valence electrons. The maximum absolute atomic E-state index is 12.7. The fourth-order valence-electron chi connectivity index (χ4n) is 6.41. The molecule has 27 heavy (non-hydrogen) atoms. The normalized spacial score (nSPS) is 40.9. The summed E-state index contributed by atoms with van der Waals surface area (Å²) >= 11 is 0. The van der Waals surface area contributed by atoms with E-state index in [9.17, 15) is 22.8 Å². The number of hydrogen-bond donors (Lipinski definition) is 0. The van der Waals surface area contributed by atoms with E-state index in [4.69, 9.17) is 11.2 Å². The fraction of sp³-hybridized carbons (Fsp3) is 0.714. The highest BCUT2D eigenvalue weighted by Crippen LogP contribution is 2.60. The summed E-state index contributed by atoms with van der Waals surface area (Å²) < 4.78 is 43.2. The Morgan fingerprint density at radius 1 is 1.11 bits per heavy atom. The van der Waals surface area contributed by atoms with E-state index in [1.54, 1.807) is 0 Å². The Morgan fingerprint density at radius 2 is 1.89 bits per heavy atom. The molecule has 3 fully saturated rings. The molecule has 0 amide bonds. The van der Waals surface area contributed by atoms with E-state index in [0.29, 0.717) is 43.4 Å². The first-order chi connectivity index (χ1) is 12.7. The molecule has 4 aliphatic carbocycles. The summed E-state index contributed by atoms with van der Waals surface area (Å²) in [5, 5.41) is 0. The Labute approximate surface area is 156 Å². The van der Waals surface area contributed by atoms with E-state index in [1.165, 1.54) is 5.57 Å².